The number of ether oxygens (including phenoxy) is 1. The molecule has 1 aromatic carbocycles. The first-order valence-electron chi connectivity index (χ1n) is 7.75. The number of nitrogens with one attached hydrogen (secondary N) is 1. The monoisotopic (exact) mass is 301 g/mol. The van der Waals surface area contributed by atoms with Crippen LogP contribution in [0.2, 0.25) is 0 Å². The van der Waals surface area contributed by atoms with Gasteiger partial charge in [0, 0.05) is 17.0 Å². The van der Waals surface area contributed by atoms with E-state index in [1.54, 1.807) is 7.11 Å². The van der Waals surface area contributed by atoms with Crippen LogP contribution >= 0.6 is 11.3 Å². The first-order valence-corrected chi connectivity index (χ1v) is 8.63. The molecule has 2 unspecified atom stereocenters. The molecule has 2 aromatic rings. The van der Waals surface area contributed by atoms with Crippen molar-refractivity contribution in [2.75, 3.05) is 7.11 Å². The Balaban J connectivity index is 1.70. The van der Waals surface area contributed by atoms with Crippen molar-refractivity contribution in [1.82, 2.24) is 5.32 Å². The fourth-order valence-corrected chi connectivity index (χ4v) is 4.05. The Kier molecular flexibility index (Phi) is 4.61. The van der Waals surface area contributed by atoms with Crippen LogP contribution < -0.4 is 10.1 Å². The molecule has 1 aliphatic rings. The Morgan fingerprint density at radius 1 is 1.33 bits per heavy atom. The molecule has 3 heteroatoms. The van der Waals surface area contributed by atoms with Gasteiger partial charge in [-0.25, -0.2) is 0 Å². The van der Waals surface area contributed by atoms with Gasteiger partial charge in [0.05, 0.1) is 7.11 Å². The van der Waals surface area contributed by atoms with Gasteiger partial charge >= 0.3 is 0 Å². The lowest BCUT2D eigenvalue weighted by atomic mass is 9.87. The van der Waals surface area contributed by atoms with Gasteiger partial charge in [-0.05, 0) is 60.4 Å². The number of hydrogen-bond acceptors (Lipinski definition) is 3. The minimum Gasteiger partial charge on any atom is -0.497 e. The number of thiophene rings is 1. The highest BCUT2D eigenvalue weighted by molar-refractivity contribution is 7.10. The van der Waals surface area contributed by atoms with Gasteiger partial charge in [0.25, 0.3) is 0 Å². The molecule has 0 aliphatic heterocycles. The Morgan fingerprint density at radius 2 is 2.24 bits per heavy atom. The summed E-state index contributed by atoms with van der Waals surface area (Å²) < 4.78 is 5.36. The second-order valence-corrected chi connectivity index (χ2v) is 6.70. The molecule has 0 saturated heterocycles. The second kappa shape index (κ2) is 6.63. The van der Waals surface area contributed by atoms with Gasteiger partial charge in [-0.3, -0.25) is 0 Å². The Labute approximate surface area is 131 Å². The van der Waals surface area contributed by atoms with Crippen LogP contribution in [0.5, 0.6) is 5.75 Å². The van der Waals surface area contributed by atoms with Crippen LogP contribution in [0.4, 0.5) is 0 Å². The van der Waals surface area contributed by atoms with E-state index < -0.39 is 0 Å². The molecule has 2 nitrogen and oxygen atoms in total. The second-order valence-electron chi connectivity index (χ2n) is 5.72. The Bertz CT molecular complexity index is 579. The van der Waals surface area contributed by atoms with Crippen LogP contribution in [0.1, 0.15) is 41.8 Å². The molecule has 0 radical (unpaired) electrons. The number of methoxy groups -OCH3 is 1. The van der Waals surface area contributed by atoms with Crippen LogP contribution in [0, 0.1) is 0 Å². The number of aryl methyl sites for hydroxylation is 1. The van der Waals surface area contributed by atoms with Crippen molar-refractivity contribution in [3.63, 3.8) is 0 Å². The fraction of sp³-hybridized carbons (Fsp3) is 0.444. The molecule has 112 valence electrons. The molecule has 1 N–H and O–H groups in total. The summed E-state index contributed by atoms with van der Waals surface area (Å²) in [6, 6.07) is 11.9. The predicted octanol–water partition coefficient (Wildman–Crippen LogP) is 4.35. The Morgan fingerprint density at radius 3 is 2.95 bits per heavy atom. The van der Waals surface area contributed by atoms with E-state index in [1.165, 1.54) is 22.4 Å². The van der Waals surface area contributed by atoms with E-state index in [4.69, 9.17) is 4.74 Å². The van der Waals surface area contributed by atoms with E-state index in [1.807, 2.05) is 11.3 Å². The maximum Gasteiger partial charge on any atom is 0.119 e. The average molecular weight is 301 g/mol. The molecular formula is C18H23NOS. The SMILES string of the molecule is CCC(NC1CCc2ccc(OC)cc2C1)c1cccs1. The molecule has 1 heterocycles. The predicted molar refractivity (Wildman–Crippen MR) is 89.3 cm³/mol. The van der Waals surface area contributed by atoms with E-state index in [0.29, 0.717) is 12.1 Å². The summed E-state index contributed by atoms with van der Waals surface area (Å²) in [6.07, 6.45) is 4.63. The molecule has 0 fully saturated rings. The molecule has 0 saturated carbocycles. The van der Waals surface area contributed by atoms with Crippen molar-refractivity contribution in [3.05, 3.63) is 51.7 Å². The van der Waals surface area contributed by atoms with Gasteiger partial charge in [0.2, 0.25) is 0 Å². The van der Waals surface area contributed by atoms with E-state index in [2.05, 4.69) is 48.0 Å². The molecule has 0 bridgehead atoms. The zero-order valence-corrected chi connectivity index (χ0v) is 13.6. The number of benzene rings is 1. The number of fused-ring (bicyclic) bond motifs is 1. The van der Waals surface area contributed by atoms with Crippen molar-refractivity contribution in [2.24, 2.45) is 0 Å². The van der Waals surface area contributed by atoms with E-state index >= 15 is 0 Å². The first kappa shape index (κ1) is 14.6. The zero-order valence-electron chi connectivity index (χ0n) is 12.8. The lowest BCUT2D eigenvalue weighted by Gasteiger charge is -2.29. The maximum absolute atomic E-state index is 5.36. The standard InChI is InChI=1S/C18H23NOS/c1-3-17(18-5-4-10-21-18)19-15-8-6-13-7-9-16(20-2)12-14(13)11-15/h4-5,7,9-10,12,15,17,19H,3,6,8,11H2,1-2H3. The molecular weight excluding hydrogens is 278 g/mol. The van der Waals surface area contributed by atoms with E-state index in [0.717, 1.165) is 25.0 Å². The van der Waals surface area contributed by atoms with Crippen molar-refractivity contribution in [2.45, 2.75) is 44.7 Å². The fourth-order valence-electron chi connectivity index (χ4n) is 3.18. The molecule has 1 aromatic heterocycles. The van der Waals surface area contributed by atoms with Crippen LogP contribution in [0.25, 0.3) is 0 Å². The molecule has 0 amide bonds. The lowest BCUT2D eigenvalue weighted by molar-refractivity contribution is 0.390. The highest BCUT2D eigenvalue weighted by Gasteiger charge is 2.22. The quantitative estimate of drug-likeness (QED) is 0.886. The third-order valence-corrected chi connectivity index (χ3v) is 5.36. The summed E-state index contributed by atoms with van der Waals surface area (Å²) in [7, 11) is 1.74. The van der Waals surface area contributed by atoms with Gasteiger partial charge in [-0.2, -0.15) is 0 Å². The van der Waals surface area contributed by atoms with Crippen molar-refractivity contribution in [1.29, 1.82) is 0 Å². The van der Waals surface area contributed by atoms with Gasteiger partial charge < -0.3 is 10.1 Å². The Hall–Kier alpha value is -1.32. The van der Waals surface area contributed by atoms with E-state index in [-0.39, 0.29) is 0 Å². The molecule has 3 rings (SSSR count). The summed E-state index contributed by atoms with van der Waals surface area (Å²) in [5, 5.41) is 6.02. The normalized spacial score (nSPS) is 19.0. The summed E-state index contributed by atoms with van der Waals surface area (Å²) in [4.78, 5) is 1.45. The third-order valence-electron chi connectivity index (χ3n) is 4.37. The number of rotatable bonds is 5. The van der Waals surface area contributed by atoms with Crippen LogP contribution in [0.3, 0.4) is 0 Å². The van der Waals surface area contributed by atoms with Gasteiger partial charge in [0.15, 0.2) is 0 Å². The highest BCUT2D eigenvalue weighted by atomic mass is 32.1. The summed E-state index contributed by atoms with van der Waals surface area (Å²) >= 11 is 1.85. The van der Waals surface area contributed by atoms with E-state index in [9.17, 15) is 0 Å². The number of hydrogen-bond donors (Lipinski definition) is 1. The maximum atomic E-state index is 5.36. The van der Waals surface area contributed by atoms with Gasteiger partial charge in [-0.1, -0.05) is 19.1 Å². The first-order chi connectivity index (χ1) is 10.3. The summed E-state index contributed by atoms with van der Waals surface area (Å²) in [5.74, 6) is 0.972. The third kappa shape index (κ3) is 3.30. The van der Waals surface area contributed by atoms with Crippen molar-refractivity contribution in [3.8, 4) is 5.75 Å². The van der Waals surface area contributed by atoms with Crippen molar-refractivity contribution < 1.29 is 4.74 Å². The molecule has 0 spiro atoms. The van der Waals surface area contributed by atoms with Crippen molar-refractivity contribution >= 4 is 11.3 Å². The molecule has 21 heavy (non-hydrogen) atoms. The molecule has 2 atom stereocenters. The van der Waals surface area contributed by atoms with Crippen LogP contribution in [0.15, 0.2) is 35.7 Å². The largest absolute Gasteiger partial charge is 0.497 e. The smallest absolute Gasteiger partial charge is 0.119 e. The lowest BCUT2D eigenvalue weighted by Crippen LogP contribution is -2.36. The van der Waals surface area contributed by atoms with Gasteiger partial charge in [0.1, 0.15) is 5.75 Å². The topological polar surface area (TPSA) is 21.3 Å². The average Bonchev–Trinajstić information content (AvgIpc) is 3.06. The minimum absolute atomic E-state index is 0.488. The van der Waals surface area contributed by atoms with Crippen LogP contribution in [-0.2, 0) is 12.8 Å². The minimum atomic E-state index is 0.488. The highest BCUT2D eigenvalue weighted by Crippen LogP contribution is 2.28. The summed E-state index contributed by atoms with van der Waals surface area (Å²) in [5.41, 5.74) is 2.93. The summed E-state index contributed by atoms with van der Waals surface area (Å²) in [6.45, 7) is 2.26. The van der Waals surface area contributed by atoms with Gasteiger partial charge in [-0.15, -0.1) is 11.3 Å². The van der Waals surface area contributed by atoms with Crippen LogP contribution in [-0.4, -0.2) is 13.2 Å². The molecule has 1 aliphatic carbocycles. The zero-order chi connectivity index (χ0) is 14.7.